The Morgan fingerprint density at radius 1 is 1.40 bits per heavy atom. The lowest BCUT2D eigenvalue weighted by Crippen LogP contribution is -2.15. The van der Waals surface area contributed by atoms with Crippen LogP contribution in [0.3, 0.4) is 0 Å². The van der Waals surface area contributed by atoms with Crippen molar-refractivity contribution in [1.29, 1.82) is 0 Å². The molecular weight excluding hydrogens is 259 g/mol. The van der Waals surface area contributed by atoms with Gasteiger partial charge in [-0.05, 0) is 36.5 Å². The standard InChI is InChI=1S/C12H16BrFO/c1-8(2)12(15)6-4-9-3-5-10(13)7-11(9)14/h3,5,7-8,12,15H,4,6H2,1-2H3. The van der Waals surface area contributed by atoms with Gasteiger partial charge in [-0.1, -0.05) is 35.8 Å². The average molecular weight is 275 g/mol. The number of aliphatic hydroxyl groups excluding tert-OH is 1. The SMILES string of the molecule is CC(C)C(O)CCc1ccc(Br)cc1F. The molecule has 1 N–H and O–H groups in total. The van der Waals surface area contributed by atoms with Gasteiger partial charge in [0.05, 0.1) is 6.10 Å². The zero-order valence-corrected chi connectivity index (χ0v) is 10.6. The van der Waals surface area contributed by atoms with Crippen LogP contribution in [-0.2, 0) is 6.42 Å². The van der Waals surface area contributed by atoms with E-state index in [-0.39, 0.29) is 17.8 Å². The van der Waals surface area contributed by atoms with Crippen LogP contribution in [0.1, 0.15) is 25.8 Å². The lowest BCUT2D eigenvalue weighted by molar-refractivity contribution is 0.116. The Hall–Kier alpha value is -0.410. The minimum atomic E-state index is -0.354. The average Bonchev–Trinajstić information content (AvgIpc) is 2.15. The Labute approximate surface area is 98.4 Å². The zero-order valence-electron chi connectivity index (χ0n) is 9.00. The van der Waals surface area contributed by atoms with Crippen molar-refractivity contribution in [2.45, 2.75) is 32.8 Å². The summed E-state index contributed by atoms with van der Waals surface area (Å²) in [5, 5.41) is 9.60. The van der Waals surface area contributed by atoms with Crippen molar-refractivity contribution in [2.75, 3.05) is 0 Å². The van der Waals surface area contributed by atoms with Crippen LogP contribution in [-0.4, -0.2) is 11.2 Å². The molecule has 0 aliphatic carbocycles. The van der Waals surface area contributed by atoms with Crippen LogP contribution < -0.4 is 0 Å². The summed E-state index contributed by atoms with van der Waals surface area (Å²) in [5.74, 6) is 0.0174. The molecule has 15 heavy (non-hydrogen) atoms. The lowest BCUT2D eigenvalue weighted by atomic mass is 9.99. The van der Waals surface area contributed by atoms with E-state index in [1.54, 1.807) is 6.07 Å². The molecular formula is C12H16BrFO. The molecule has 1 aromatic carbocycles. The van der Waals surface area contributed by atoms with Gasteiger partial charge in [0, 0.05) is 4.47 Å². The quantitative estimate of drug-likeness (QED) is 0.891. The molecule has 1 nitrogen and oxygen atoms in total. The van der Waals surface area contributed by atoms with E-state index in [4.69, 9.17) is 0 Å². The molecule has 0 aromatic heterocycles. The largest absolute Gasteiger partial charge is 0.393 e. The highest BCUT2D eigenvalue weighted by atomic mass is 79.9. The van der Waals surface area contributed by atoms with Crippen molar-refractivity contribution in [3.8, 4) is 0 Å². The van der Waals surface area contributed by atoms with Gasteiger partial charge in [0.25, 0.3) is 0 Å². The fraction of sp³-hybridized carbons (Fsp3) is 0.500. The van der Waals surface area contributed by atoms with E-state index >= 15 is 0 Å². The van der Waals surface area contributed by atoms with Crippen LogP contribution in [0.2, 0.25) is 0 Å². The molecule has 1 atom stereocenters. The molecule has 0 fully saturated rings. The molecule has 0 bridgehead atoms. The summed E-state index contributed by atoms with van der Waals surface area (Å²) in [7, 11) is 0. The molecule has 1 aromatic rings. The molecule has 0 amide bonds. The van der Waals surface area contributed by atoms with Crippen LogP contribution in [0.4, 0.5) is 4.39 Å². The molecule has 84 valence electrons. The smallest absolute Gasteiger partial charge is 0.127 e. The minimum Gasteiger partial charge on any atom is -0.393 e. The van der Waals surface area contributed by atoms with Gasteiger partial charge in [-0.3, -0.25) is 0 Å². The van der Waals surface area contributed by atoms with E-state index in [0.29, 0.717) is 18.4 Å². The minimum absolute atomic E-state index is 0.208. The van der Waals surface area contributed by atoms with E-state index in [2.05, 4.69) is 15.9 Å². The maximum Gasteiger partial charge on any atom is 0.127 e. The molecule has 0 aliphatic rings. The van der Waals surface area contributed by atoms with Gasteiger partial charge in [0.15, 0.2) is 0 Å². The van der Waals surface area contributed by atoms with Gasteiger partial charge in [-0.15, -0.1) is 0 Å². The van der Waals surface area contributed by atoms with E-state index in [9.17, 15) is 9.50 Å². The number of hydrogen-bond acceptors (Lipinski definition) is 1. The number of benzene rings is 1. The van der Waals surface area contributed by atoms with Crippen LogP contribution in [0.5, 0.6) is 0 Å². The second-order valence-electron chi connectivity index (χ2n) is 4.09. The second-order valence-corrected chi connectivity index (χ2v) is 5.00. The number of aliphatic hydroxyl groups is 1. The van der Waals surface area contributed by atoms with E-state index in [0.717, 1.165) is 4.47 Å². The Balaban J connectivity index is 2.58. The number of aryl methyl sites for hydroxylation is 1. The van der Waals surface area contributed by atoms with E-state index in [1.807, 2.05) is 19.9 Å². The maximum atomic E-state index is 13.4. The third kappa shape index (κ3) is 3.92. The molecule has 0 saturated carbocycles. The topological polar surface area (TPSA) is 20.2 Å². The highest BCUT2D eigenvalue weighted by molar-refractivity contribution is 9.10. The van der Waals surface area contributed by atoms with Crippen molar-refractivity contribution < 1.29 is 9.50 Å². The summed E-state index contributed by atoms with van der Waals surface area (Å²) in [6.45, 7) is 3.92. The molecule has 1 rings (SSSR count). The Morgan fingerprint density at radius 2 is 2.07 bits per heavy atom. The number of halogens is 2. The number of hydrogen-bond donors (Lipinski definition) is 1. The summed E-state index contributed by atoms with van der Waals surface area (Å²) < 4.78 is 14.1. The molecule has 0 aliphatic heterocycles. The van der Waals surface area contributed by atoms with Crippen molar-refractivity contribution in [2.24, 2.45) is 5.92 Å². The summed E-state index contributed by atoms with van der Waals surface area (Å²) >= 11 is 3.21. The first-order chi connectivity index (χ1) is 7.00. The van der Waals surface area contributed by atoms with Gasteiger partial charge < -0.3 is 5.11 Å². The van der Waals surface area contributed by atoms with Gasteiger partial charge >= 0.3 is 0 Å². The van der Waals surface area contributed by atoms with Crippen LogP contribution in [0.15, 0.2) is 22.7 Å². The van der Waals surface area contributed by atoms with Crippen molar-refractivity contribution in [3.05, 3.63) is 34.1 Å². The number of rotatable bonds is 4. The highest BCUT2D eigenvalue weighted by Gasteiger charge is 2.10. The predicted molar refractivity (Wildman–Crippen MR) is 63.3 cm³/mol. The molecule has 0 spiro atoms. The summed E-state index contributed by atoms with van der Waals surface area (Å²) in [4.78, 5) is 0. The fourth-order valence-corrected chi connectivity index (χ4v) is 1.69. The third-order valence-corrected chi connectivity index (χ3v) is 2.99. The Morgan fingerprint density at radius 3 is 2.60 bits per heavy atom. The van der Waals surface area contributed by atoms with E-state index in [1.165, 1.54) is 6.07 Å². The van der Waals surface area contributed by atoms with Crippen molar-refractivity contribution >= 4 is 15.9 Å². The first-order valence-corrected chi connectivity index (χ1v) is 5.92. The van der Waals surface area contributed by atoms with Crippen LogP contribution in [0, 0.1) is 11.7 Å². The first kappa shape index (κ1) is 12.7. The highest BCUT2D eigenvalue weighted by Crippen LogP contribution is 2.18. The summed E-state index contributed by atoms with van der Waals surface area (Å²) in [5.41, 5.74) is 0.665. The molecule has 0 saturated heterocycles. The summed E-state index contributed by atoms with van der Waals surface area (Å²) in [6, 6.07) is 5.03. The lowest BCUT2D eigenvalue weighted by Gasteiger charge is -2.14. The normalized spacial score (nSPS) is 13.2. The Kier molecular flexibility index (Phi) is 4.74. The van der Waals surface area contributed by atoms with Crippen molar-refractivity contribution in [3.63, 3.8) is 0 Å². The molecule has 0 radical (unpaired) electrons. The van der Waals surface area contributed by atoms with E-state index < -0.39 is 0 Å². The molecule has 3 heteroatoms. The second kappa shape index (κ2) is 5.61. The monoisotopic (exact) mass is 274 g/mol. The van der Waals surface area contributed by atoms with Crippen molar-refractivity contribution in [1.82, 2.24) is 0 Å². The third-order valence-electron chi connectivity index (χ3n) is 2.49. The van der Waals surface area contributed by atoms with Gasteiger partial charge in [0.1, 0.15) is 5.82 Å². The van der Waals surface area contributed by atoms with Gasteiger partial charge in [-0.2, -0.15) is 0 Å². The molecule has 0 heterocycles. The van der Waals surface area contributed by atoms with Gasteiger partial charge in [-0.25, -0.2) is 4.39 Å². The van der Waals surface area contributed by atoms with Crippen LogP contribution >= 0.6 is 15.9 Å². The molecule has 1 unspecified atom stereocenters. The fourth-order valence-electron chi connectivity index (χ4n) is 1.36. The first-order valence-electron chi connectivity index (χ1n) is 5.12. The summed E-state index contributed by atoms with van der Waals surface area (Å²) in [6.07, 6.45) is 0.836. The van der Waals surface area contributed by atoms with Crippen LogP contribution in [0.25, 0.3) is 0 Å². The van der Waals surface area contributed by atoms with Gasteiger partial charge in [0.2, 0.25) is 0 Å². The Bertz CT molecular complexity index is 325. The maximum absolute atomic E-state index is 13.4. The zero-order chi connectivity index (χ0) is 11.4. The predicted octanol–water partition coefficient (Wildman–Crippen LogP) is 3.54.